The molecule has 0 atom stereocenters. The molecular weight excluding hydrogens is 336 g/mol. The zero-order valence-corrected chi connectivity index (χ0v) is 12.8. The zero-order valence-electron chi connectivity index (χ0n) is 10.4. The molecule has 0 saturated carbocycles. The smallest absolute Gasteiger partial charge is 0.193 e. The Bertz CT molecular complexity index is 794. The van der Waals surface area contributed by atoms with Crippen LogP contribution in [0.25, 0.3) is 10.8 Å². The first-order valence-electron chi connectivity index (χ1n) is 6.14. The second-order valence-electron chi connectivity index (χ2n) is 4.48. The fraction of sp³-hybridized carbons (Fsp3) is 0. The fourth-order valence-electron chi connectivity index (χ4n) is 2.22. The number of rotatable bonds is 2. The minimum absolute atomic E-state index is 0.00497. The first-order valence-corrected chi connectivity index (χ1v) is 7.31. The third-order valence-corrected chi connectivity index (χ3v) is 4.17. The molecule has 0 spiro atoms. The summed E-state index contributed by atoms with van der Waals surface area (Å²) in [4.78, 5) is 12.6. The summed E-state index contributed by atoms with van der Waals surface area (Å²) in [5, 5.41) is 2.61. The summed E-state index contributed by atoms with van der Waals surface area (Å²) in [6.45, 7) is 0. The van der Waals surface area contributed by atoms with Crippen molar-refractivity contribution in [1.29, 1.82) is 0 Å². The van der Waals surface area contributed by atoms with Gasteiger partial charge in [-0.1, -0.05) is 51.8 Å². The van der Waals surface area contributed by atoms with Gasteiger partial charge in [0, 0.05) is 20.6 Å². The Labute approximate surface area is 130 Å². The quantitative estimate of drug-likeness (QED) is 0.562. The molecule has 3 aromatic carbocycles. The van der Waals surface area contributed by atoms with Gasteiger partial charge in [-0.3, -0.25) is 4.79 Å². The van der Waals surface area contributed by atoms with Gasteiger partial charge in [0.15, 0.2) is 5.78 Å². The van der Waals surface area contributed by atoms with Gasteiger partial charge in [-0.2, -0.15) is 0 Å². The van der Waals surface area contributed by atoms with Gasteiger partial charge in [-0.15, -0.1) is 0 Å². The van der Waals surface area contributed by atoms with Gasteiger partial charge < -0.3 is 0 Å². The molecule has 0 bridgehead atoms. The summed E-state index contributed by atoms with van der Waals surface area (Å²) in [6, 6.07) is 18.6. The number of hydrogen-bond acceptors (Lipinski definition) is 1. The second kappa shape index (κ2) is 5.39. The van der Waals surface area contributed by atoms with Crippen LogP contribution in [0.5, 0.6) is 0 Å². The van der Waals surface area contributed by atoms with E-state index in [1.54, 1.807) is 24.3 Å². The van der Waals surface area contributed by atoms with Gasteiger partial charge in [0.25, 0.3) is 0 Å². The van der Waals surface area contributed by atoms with Crippen molar-refractivity contribution in [1.82, 2.24) is 0 Å². The standard InChI is InChI=1S/C17H10BrClO/c18-16-10-9-15(13-3-1-2-4-14(13)16)17(20)11-5-7-12(19)8-6-11/h1-10H. The molecule has 3 rings (SSSR count). The lowest BCUT2D eigenvalue weighted by Gasteiger charge is -2.07. The van der Waals surface area contributed by atoms with Crippen molar-refractivity contribution in [2.45, 2.75) is 0 Å². The minimum Gasteiger partial charge on any atom is -0.289 e. The zero-order chi connectivity index (χ0) is 14.1. The SMILES string of the molecule is O=C(c1ccc(Cl)cc1)c1ccc(Br)c2ccccc12. The van der Waals surface area contributed by atoms with E-state index in [0.717, 1.165) is 15.2 Å². The first-order chi connectivity index (χ1) is 9.66. The first kappa shape index (κ1) is 13.3. The molecule has 0 fully saturated rings. The van der Waals surface area contributed by atoms with Crippen molar-refractivity contribution in [3.8, 4) is 0 Å². The van der Waals surface area contributed by atoms with Crippen molar-refractivity contribution >= 4 is 44.1 Å². The summed E-state index contributed by atoms with van der Waals surface area (Å²) < 4.78 is 0.987. The largest absolute Gasteiger partial charge is 0.289 e. The lowest BCUT2D eigenvalue weighted by molar-refractivity contribution is 0.104. The molecule has 0 aliphatic carbocycles. The Morgan fingerprint density at radius 1 is 0.850 bits per heavy atom. The van der Waals surface area contributed by atoms with E-state index in [-0.39, 0.29) is 5.78 Å². The lowest BCUT2D eigenvalue weighted by atomic mass is 9.97. The molecule has 1 nitrogen and oxygen atoms in total. The Morgan fingerprint density at radius 2 is 1.50 bits per heavy atom. The van der Waals surface area contributed by atoms with Crippen LogP contribution < -0.4 is 0 Å². The summed E-state index contributed by atoms with van der Waals surface area (Å²) in [7, 11) is 0. The van der Waals surface area contributed by atoms with Crippen LogP contribution in [0, 0.1) is 0 Å². The molecule has 3 aromatic rings. The second-order valence-corrected chi connectivity index (χ2v) is 5.77. The van der Waals surface area contributed by atoms with Crippen molar-refractivity contribution in [2.75, 3.05) is 0 Å². The number of carbonyl (C=O) groups is 1. The number of carbonyl (C=O) groups excluding carboxylic acids is 1. The molecule has 20 heavy (non-hydrogen) atoms. The molecule has 0 aliphatic rings. The maximum Gasteiger partial charge on any atom is 0.193 e. The average Bonchev–Trinajstić information content (AvgIpc) is 2.48. The molecule has 0 N–H and O–H groups in total. The number of halogens is 2. The van der Waals surface area contributed by atoms with Crippen LogP contribution >= 0.6 is 27.5 Å². The van der Waals surface area contributed by atoms with Crippen molar-refractivity contribution in [3.63, 3.8) is 0 Å². The molecule has 0 amide bonds. The Morgan fingerprint density at radius 3 is 2.20 bits per heavy atom. The predicted molar refractivity (Wildman–Crippen MR) is 86.5 cm³/mol. The van der Waals surface area contributed by atoms with Gasteiger partial charge >= 0.3 is 0 Å². The van der Waals surface area contributed by atoms with Gasteiger partial charge in [-0.25, -0.2) is 0 Å². The van der Waals surface area contributed by atoms with E-state index in [1.165, 1.54) is 0 Å². The molecular formula is C17H10BrClO. The highest BCUT2D eigenvalue weighted by Crippen LogP contribution is 2.28. The van der Waals surface area contributed by atoms with Crippen LogP contribution in [-0.2, 0) is 0 Å². The van der Waals surface area contributed by atoms with Crippen LogP contribution in [0.15, 0.2) is 65.1 Å². The van der Waals surface area contributed by atoms with Gasteiger partial charge in [0.05, 0.1) is 0 Å². The van der Waals surface area contributed by atoms with Crippen LogP contribution in [0.3, 0.4) is 0 Å². The molecule has 3 heteroatoms. The van der Waals surface area contributed by atoms with Crippen LogP contribution in [0.4, 0.5) is 0 Å². The van der Waals surface area contributed by atoms with Gasteiger partial charge in [0.2, 0.25) is 0 Å². The molecule has 98 valence electrons. The summed E-state index contributed by atoms with van der Waals surface area (Å²) >= 11 is 9.38. The highest BCUT2D eigenvalue weighted by Gasteiger charge is 2.13. The third kappa shape index (κ3) is 2.37. The minimum atomic E-state index is 0.00497. The van der Waals surface area contributed by atoms with Crippen LogP contribution in [0.2, 0.25) is 5.02 Å². The molecule has 0 heterocycles. The normalized spacial score (nSPS) is 10.7. The van der Waals surface area contributed by atoms with Gasteiger partial charge in [-0.05, 0) is 47.2 Å². The third-order valence-electron chi connectivity index (χ3n) is 3.22. The average molecular weight is 346 g/mol. The highest BCUT2D eigenvalue weighted by molar-refractivity contribution is 9.10. The Balaban J connectivity index is 2.17. The van der Waals surface area contributed by atoms with E-state index < -0.39 is 0 Å². The lowest BCUT2D eigenvalue weighted by Crippen LogP contribution is -2.02. The van der Waals surface area contributed by atoms with E-state index in [1.807, 2.05) is 36.4 Å². The van der Waals surface area contributed by atoms with E-state index in [4.69, 9.17) is 11.6 Å². The number of hydrogen-bond donors (Lipinski definition) is 0. The molecule has 0 aliphatic heterocycles. The molecule has 0 aromatic heterocycles. The maximum absolute atomic E-state index is 12.6. The highest BCUT2D eigenvalue weighted by atomic mass is 79.9. The summed E-state index contributed by atoms with van der Waals surface area (Å²) in [5.74, 6) is 0.00497. The predicted octanol–water partition coefficient (Wildman–Crippen LogP) is 5.49. The van der Waals surface area contributed by atoms with E-state index >= 15 is 0 Å². The molecule has 0 saturated heterocycles. The summed E-state index contributed by atoms with van der Waals surface area (Å²) in [5.41, 5.74) is 1.34. The fourth-order valence-corrected chi connectivity index (χ4v) is 2.82. The monoisotopic (exact) mass is 344 g/mol. The topological polar surface area (TPSA) is 17.1 Å². The number of ketones is 1. The van der Waals surface area contributed by atoms with Crippen molar-refractivity contribution in [2.24, 2.45) is 0 Å². The number of fused-ring (bicyclic) bond motifs is 1. The van der Waals surface area contributed by atoms with Crippen molar-refractivity contribution < 1.29 is 4.79 Å². The summed E-state index contributed by atoms with van der Waals surface area (Å²) in [6.07, 6.45) is 0. The number of benzene rings is 3. The van der Waals surface area contributed by atoms with Crippen LogP contribution in [0.1, 0.15) is 15.9 Å². The maximum atomic E-state index is 12.6. The Hall–Kier alpha value is -1.64. The molecule has 0 unspecified atom stereocenters. The molecule has 0 radical (unpaired) electrons. The van der Waals surface area contributed by atoms with Crippen molar-refractivity contribution in [3.05, 3.63) is 81.3 Å². The van der Waals surface area contributed by atoms with Gasteiger partial charge in [0.1, 0.15) is 0 Å². The van der Waals surface area contributed by atoms with E-state index in [9.17, 15) is 4.79 Å². The Kier molecular flexibility index (Phi) is 3.60. The van der Waals surface area contributed by atoms with E-state index in [0.29, 0.717) is 16.1 Å². The van der Waals surface area contributed by atoms with E-state index in [2.05, 4.69) is 15.9 Å². The van der Waals surface area contributed by atoms with Crippen LogP contribution in [-0.4, -0.2) is 5.78 Å².